The molecule has 1 amide bonds. The zero-order chi connectivity index (χ0) is 18.9. The van der Waals surface area contributed by atoms with Gasteiger partial charge in [-0.25, -0.2) is 0 Å². The predicted molar refractivity (Wildman–Crippen MR) is 100 cm³/mol. The number of carbonyl (C=O) groups excluding carboxylic acids is 1. The third kappa shape index (κ3) is 5.36. The van der Waals surface area contributed by atoms with Crippen LogP contribution >= 0.6 is 0 Å². The highest BCUT2D eigenvalue weighted by Crippen LogP contribution is 2.21. The maximum Gasteiger partial charge on any atom is 0.290 e. The second kappa shape index (κ2) is 10.0. The first kappa shape index (κ1) is 20.0. The van der Waals surface area contributed by atoms with Gasteiger partial charge in [-0.1, -0.05) is 12.8 Å². The lowest BCUT2D eigenvalue weighted by atomic mass is 10.1. The van der Waals surface area contributed by atoms with Gasteiger partial charge in [-0.2, -0.15) is 0 Å². The number of carboxylic acid groups (broad SMARTS) is 1. The van der Waals surface area contributed by atoms with Crippen molar-refractivity contribution in [3.05, 3.63) is 24.3 Å². The molecular formula is C19H29N3O4. The first-order valence-corrected chi connectivity index (χ1v) is 9.17. The standard InChI is InChI=1S/C18H27N3O2.CH2O2/c1-19-10-4-2-3-5-17(19)18(23)21-13-11-20(12-14-21)15-6-8-16(22)9-7-15;2-1-3/h6-9,17,22H,2-5,10-14H2,1H3;1H,(H,2,3). The molecule has 2 aliphatic heterocycles. The average molecular weight is 363 g/mol. The minimum absolute atomic E-state index is 0.0673. The van der Waals surface area contributed by atoms with Crippen molar-refractivity contribution in [2.75, 3.05) is 44.7 Å². The lowest BCUT2D eigenvalue weighted by Crippen LogP contribution is -2.54. The van der Waals surface area contributed by atoms with Crippen molar-refractivity contribution in [1.82, 2.24) is 9.80 Å². The second-order valence-corrected chi connectivity index (χ2v) is 6.78. The van der Waals surface area contributed by atoms with Gasteiger partial charge in [-0.3, -0.25) is 14.5 Å². The lowest BCUT2D eigenvalue weighted by molar-refractivity contribution is -0.137. The molecule has 7 nitrogen and oxygen atoms in total. The number of hydrogen-bond donors (Lipinski definition) is 2. The molecule has 0 aliphatic carbocycles. The Bertz CT molecular complexity index is 571. The number of benzene rings is 1. The van der Waals surface area contributed by atoms with Crippen molar-refractivity contribution in [1.29, 1.82) is 0 Å². The summed E-state index contributed by atoms with van der Waals surface area (Å²) < 4.78 is 0. The smallest absolute Gasteiger partial charge is 0.290 e. The Balaban J connectivity index is 0.000000758. The molecule has 2 saturated heterocycles. The van der Waals surface area contributed by atoms with Gasteiger partial charge in [-0.05, 0) is 50.7 Å². The zero-order valence-corrected chi connectivity index (χ0v) is 15.4. The van der Waals surface area contributed by atoms with Crippen molar-refractivity contribution < 1.29 is 19.8 Å². The molecule has 3 rings (SSSR count). The van der Waals surface area contributed by atoms with Gasteiger partial charge < -0.3 is 20.0 Å². The van der Waals surface area contributed by atoms with Gasteiger partial charge >= 0.3 is 0 Å². The lowest BCUT2D eigenvalue weighted by Gasteiger charge is -2.38. The molecule has 0 radical (unpaired) electrons. The van der Waals surface area contributed by atoms with E-state index in [1.807, 2.05) is 17.0 Å². The molecule has 1 aromatic rings. The van der Waals surface area contributed by atoms with Crippen LogP contribution in [0.15, 0.2) is 24.3 Å². The topological polar surface area (TPSA) is 84.3 Å². The van der Waals surface area contributed by atoms with Crippen LogP contribution in [0.1, 0.15) is 25.7 Å². The summed E-state index contributed by atoms with van der Waals surface area (Å²) >= 11 is 0. The highest BCUT2D eigenvalue weighted by atomic mass is 16.3. The number of carbonyl (C=O) groups is 2. The van der Waals surface area contributed by atoms with Crippen LogP contribution in [0.4, 0.5) is 5.69 Å². The number of amides is 1. The zero-order valence-electron chi connectivity index (χ0n) is 15.4. The molecule has 26 heavy (non-hydrogen) atoms. The van der Waals surface area contributed by atoms with E-state index in [2.05, 4.69) is 16.8 Å². The summed E-state index contributed by atoms with van der Waals surface area (Å²) in [5, 5.41) is 16.3. The Morgan fingerprint density at radius 1 is 1.04 bits per heavy atom. The van der Waals surface area contributed by atoms with Crippen LogP contribution in [0.25, 0.3) is 0 Å². The Morgan fingerprint density at radius 2 is 1.65 bits per heavy atom. The second-order valence-electron chi connectivity index (χ2n) is 6.78. The molecule has 7 heteroatoms. The quantitative estimate of drug-likeness (QED) is 0.777. The van der Waals surface area contributed by atoms with Crippen LogP contribution in [-0.2, 0) is 9.59 Å². The largest absolute Gasteiger partial charge is 0.508 e. The Hall–Kier alpha value is -2.28. The minimum atomic E-state index is -0.250. The van der Waals surface area contributed by atoms with E-state index >= 15 is 0 Å². The van der Waals surface area contributed by atoms with Crippen LogP contribution < -0.4 is 4.90 Å². The van der Waals surface area contributed by atoms with Crippen molar-refractivity contribution in [3.8, 4) is 5.75 Å². The number of phenols is 1. The molecule has 0 spiro atoms. The van der Waals surface area contributed by atoms with Crippen molar-refractivity contribution in [3.63, 3.8) is 0 Å². The van der Waals surface area contributed by atoms with Crippen molar-refractivity contribution >= 4 is 18.1 Å². The van der Waals surface area contributed by atoms with E-state index in [1.54, 1.807) is 12.1 Å². The molecule has 0 saturated carbocycles. The van der Waals surface area contributed by atoms with Gasteiger partial charge in [0.15, 0.2) is 0 Å². The van der Waals surface area contributed by atoms with Gasteiger partial charge in [-0.15, -0.1) is 0 Å². The molecule has 1 unspecified atom stereocenters. The summed E-state index contributed by atoms with van der Waals surface area (Å²) in [7, 11) is 2.08. The third-order valence-corrected chi connectivity index (χ3v) is 5.11. The number of hydrogen-bond acceptors (Lipinski definition) is 5. The highest BCUT2D eigenvalue weighted by molar-refractivity contribution is 5.82. The van der Waals surface area contributed by atoms with Gasteiger partial charge in [0, 0.05) is 31.9 Å². The number of piperazine rings is 1. The number of phenolic OH excluding ortho intramolecular Hbond substituents is 1. The molecule has 1 aromatic carbocycles. The van der Waals surface area contributed by atoms with E-state index in [0.29, 0.717) is 11.7 Å². The summed E-state index contributed by atoms with van der Waals surface area (Å²) in [5.41, 5.74) is 1.11. The van der Waals surface area contributed by atoms with E-state index < -0.39 is 0 Å². The van der Waals surface area contributed by atoms with Crippen LogP contribution in [0.3, 0.4) is 0 Å². The fraction of sp³-hybridized carbons (Fsp3) is 0.579. The minimum Gasteiger partial charge on any atom is -0.508 e. The number of aromatic hydroxyl groups is 1. The number of nitrogens with zero attached hydrogens (tertiary/aromatic N) is 3. The third-order valence-electron chi connectivity index (χ3n) is 5.11. The molecule has 0 bridgehead atoms. The van der Waals surface area contributed by atoms with Gasteiger partial charge in [0.25, 0.3) is 6.47 Å². The average Bonchev–Trinajstić information content (AvgIpc) is 2.87. The van der Waals surface area contributed by atoms with E-state index in [0.717, 1.165) is 51.3 Å². The van der Waals surface area contributed by atoms with Crippen LogP contribution in [0, 0.1) is 0 Å². The van der Waals surface area contributed by atoms with Gasteiger partial charge in [0.2, 0.25) is 5.91 Å². The van der Waals surface area contributed by atoms with Crippen LogP contribution in [0.5, 0.6) is 5.75 Å². The normalized spacial score (nSPS) is 21.3. The highest BCUT2D eigenvalue weighted by Gasteiger charge is 2.30. The van der Waals surface area contributed by atoms with Crippen molar-refractivity contribution in [2.45, 2.75) is 31.7 Å². The molecule has 2 heterocycles. The first-order valence-electron chi connectivity index (χ1n) is 9.17. The molecule has 144 valence electrons. The molecular weight excluding hydrogens is 334 g/mol. The SMILES string of the molecule is CN1CCCCCC1C(=O)N1CCN(c2ccc(O)cc2)CC1.O=CO. The number of likely N-dealkylation sites (tertiary alicyclic amines) is 1. The maximum absolute atomic E-state index is 12.8. The summed E-state index contributed by atoms with van der Waals surface area (Å²) in [6.45, 7) is 4.05. The van der Waals surface area contributed by atoms with Crippen molar-refractivity contribution in [2.24, 2.45) is 0 Å². The first-order chi connectivity index (χ1) is 12.6. The Kier molecular flexibility index (Phi) is 7.72. The van der Waals surface area contributed by atoms with E-state index in [-0.39, 0.29) is 12.5 Å². The van der Waals surface area contributed by atoms with E-state index in [4.69, 9.17) is 9.90 Å². The molecule has 1 atom stereocenters. The summed E-state index contributed by atoms with van der Waals surface area (Å²) in [4.78, 5) is 27.7. The number of anilines is 1. The Morgan fingerprint density at radius 3 is 2.27 bits per heavy atom. The Labute approximate surface area is 154 Å². The summed E-state index contributed by atoms with van der Waals surface area (Å²) in [5.74, 6) is 0.596. The maximum atomic E-state index is 12.8. The number of likely N-dealkylation sites (N-methyl/N-ethyl adjacent to an activating group) is 1. The summed E-state index contributed by atoms with van der Waals surface area (Å²) in [6.07, 6.45) is 4.60. The monoisotopic (exact) mass is 363 g/mol. The van der Waals surface area contributed by atoms with Crippen LogP contribution in [0.2, 0.25) is 0 Å². The molecule has 2 aliphatic rings. The van der Waals surface area contributed by atoms with Crippen LogP contribution in [-0.4, -0.2) is 78.2 Å². The van der Waals surface area contributed by atoms with Gasteiger partial charge in [0.05, 0.1) is 6.04 Å². The fourth-order valence-electron chi connectivity index (χ4n) is 3.62. The molecule has 0 aromatic heterocycles. The molecule has 2 N–H and O–H groups in total. The fourth-order valence-corrected chi connectivity index (χ4v) is 3.62. The van der Waals surface area contributed by atoms with E-state index in [1.165, 1.54) is 12.8 Å². The molecule has 2 fully saturated rings. The van der Waals surface area contributed by atoms with Gasteiger partial charge in [0.1, 0.15) is 5.75 Å². The van der Waals surface area contributed by atoms with E-state index in [9.17, 15) is 9.90 Å². The summed E-state index contributed by atoms with van der Waals surface area (Å²) in [6, 6.07) is 7.37. The predicted octanol–water partition coefficient (Wildman–Crippen LogP) is 1.62. The number of rotatable bonds is 2.